The highest BCUT2D eigenvalue weighted by Gasteiger charge is 2.26. The van der Waals surface area contributed by atoms with Gasteiger partial charge in [0.15, 0.2) is 5.82 Å². The number of hydrogen-bond donors (Lipinski definition) is 2. The lowest BCUT2D eigenvalue weighted by atomic mass is 9.98. The number of nitrogens with zero attached hydrogens (tertiary/aromatic N) is 3. The first kappa shape index (κ1) is 14.5. The molecule has 7 heteroatoms. The summed E-state index contributed by atoms with van der Waals surface area (Å²) in [6, 6.07) is 0. The van der Waals surface area contributed by atoms with Crippen molar-refractivity contribution >= 4 is 11.9 Å². The fourth-order valence-electron chi connectivity index (χ4n) is 2.51. The number of carboxylic acid groups (broad SMARTS) is 1. The van der Waals surface area contributed by atoms with Gasteiger partial charge in [0.05, 0.1) is 6.54 Å². The van der Waals surface area contributed by atoms with Crippen LogP contribution in [0, 0.1) is 5.92 Å². The number of carbonyl (C=O) groups is 2. The van der Waals surface area contributed by atoms with Crippen LogP contribution in [0.2, 0.25) is 0 Å². The van der Waals surface area contributed by atoms with Crippen molar-refractivity contribution in [1.29, 1.82) is 0 Å². The molecule has 2 N–H and O–H groups in total. The number of hydrogen-bond acceptors (Lipinski definition) is 4. The topological polar surface area (TPSA) is 87.5 Å². The molecule has 0 bridgehead atoms. The summed E-state index contributed by atoms with van der Waals surface area (Å²) in [4.78, 5) is 28.7. The molecule has 0 aromatic carbocycles. The van der Waals surface area contributed by atoms with E-state index < -0.39 is 5.97 Å². The van der Waals surface area contributed by atoms with Crippen LogP contribution in [-0.4, -0.2) is 57.6 Å². The molecule has 20 heavy (non-hydrogen) atoms. The third-order valence-electron chi connectivity index (χ3n) is 3.53. The van der Waals surface area contributed by atoms with E-state index in [2.05, 4.69) is 10.3 Å². The van der Waals surface area contributed by atoms with Gasteiger partial charge in [-0.1, -0.05) is 0 Å². The second-order valence-corrected chi connectivity index (χ2v) is 5.15. The summed E-state index contributed by atoms with van der Waals surface area (Å²) in [6.07, 6.45) is 5.32. The van der Waals surface area contributed by atoms with E-state index in [9.17, 15) is 9.59 Å². The van der Waals surface area contributed by atoms with Gasteiger partial charge in [-0.05, 0) is 18.8 Å². The zero-order valence-corrected chi connectivity index (χ0v) is 11.6. The molecule has 2 rings (SSSR count). The van der Waals surface area contributed by atoms with Gasteiger partial charge in [-0.2, -0.15) is 0 Å². The lowest BCUT2D eigenvalue weighted by molar-refractivity contribution is -0.136. The Kier molecular flexibility index (Phi) is 4.73. The fraction of sp³-hybridized carbons (Fsp3) is 0.615. The molecule has 1 atom stereocenters. The average molecular weight is 280 g/mol. The number of nitrogens with one attached hydrogen (secondary N) is 1. The highest BCUT2D eigenvalue weighted by Crippen LogP contribution is 2.17. The van der Waals surface area contributed by atoms with E-state index in [0.717, 1.165) is 19.4 Å². The van der Waals surface area contributed by atoms with Gasteiger partial charge in [0, 0.05) is 39.1 Å². The summed E-state index contributed by atoms with van der Waals surface area (Å²) in [7, 11) is 1.80. The summed E-state index contributed by atoms with van der Waals surface area (Å²) in [6.45, 7) is 1.97. The second-order valence-electron chi connectivity index (χ2n) is 5.15. The molecule has 1 fully saturated rings. The van der Waals surface area contributed by atoms with Gasteiger partial charge in [-0.15, -0.1) is 0 Å². The average Bonchev–Trinajstić information content (AvgIpc) is 2.84. The van der Waals surface area contributed by atoms with E-state index >= 15 is 0 Å². The molecule has 1 amide bonds. The van der Waals surface area contributed by atoms with Crippen molar-refractivity contribution in [2.45, 2.75) is 12.8 Å². The van der Waals surface area contributed by atoms with Crippen molar-refractivity contribution in [1.82, 2.24) is 19.8 Å². The quantitative estimate of drug-likeness (QED) is 0.789. The second kappa shape index (κ2) is 6.51. The van der Waals surface area contributed by atoms with Crippen molar-refractivity contribution in [2.75, 3.05) is 26.2 Å². The first-order chi connectivity index (χ1) is 9.58. The number of aryl methyl sites for hydroxylation is 1. The largest absolute Gasteiger partial charge is 0.480 e. The molecule has 0 radical (unpaired) electrons. The van der Waals surface area contributed by atoms with Crippen LogP contribution in [0.25, 0.3) is 0 Å². The summed E-state index contributed by atoms with van der Waals surface area (Å²) in [5.74, 6) is -0.168. The molecule has 0 aliphatic carbocycles. The predicted octanol–water partition coefficient (Wildman–Crippen LogP) is -0.0535. The van der Waals surface area contributed by atoms with Gasteiger partial charge >= 0.3 is 5.97 Å². The van der Waals surface area contributed by atoms with Crippen molar-refractivity contribution in [3.8, 4) is 0 Å². The van der Waals surface area contributed by atoms with Crippen LogP contribution in [0.15, 0.2) is 12.4 Å². The minimum atomic E-state index is -0.859. The van der Waals surface area contributed by atoms with Crippen molar-refractivity contribution < 1.29 is 14.7 Å². The molecule has 2 heterocycles. The Balaban J connectivity index is 1.88. The SMILES string of the molecule is Cn1ccnc1C(=O)N1CCCC(CNCC(=O)O)C1. The van der Waals surface area contributed by atoms with Crippen LogP contribution in [0.3, 0.4) is 0 Å². The van der Waals surface area contributed by atoms with E-state index in [1.54, 1.807) is 28.9 Å². The lowest BCUT2D eigenvalue weighted by Gasteiger charge is -2.32. The number of amides is 1. The third-order valence-corrected chi connectivity index (χ3v) is 3.53. The van der Waals surface area contributed by atoms with E-state index in [4.69, 9.17) is 5.11 Å². The van der Waals surface area contributed by atoms with Crippen LogP contribution in [0.5, 0.6) is 0 Å². The van der Waals surface area contributed by atoms with E-state index in [1.807, 2.05) is 0 Å². The van der Waals surface area contributed by atoms with Gasteiger partial charge in [0.25, 0.3) is 5.91 Å². The zero-order valence-electron chi connectivity index (χ0n) is 11.6. The summed E-state index contributed by atoms with van der Waals surface area (Å²) >= 11 is 0. The number of imidazole rings is 1. The molecule has 110 valence electrons. The van der Waals surface area contributed by atoms with Crippen LogP contribution < -0.4 is 5.32 Å². The minimum absolute atomic E-state index is 0.0379. The number of aromatic nitrogens is 2. The smallest absolute Gasteiger partial charge is 0.317 e. The Hall–Kier alpha value is -1.89. The number of likely N-dealkylation sites (tertiary alicyclic amines) is 1. The van der Waals surface area contributed by atoms with E-state index in [0.29, 0.717) is 24.8 Å². The predicted molar refractivity (Wildman–Crippen MR) is 72.3 cm³/mol. The third kappa shape index (κ3) is 3.57. The lowest BCUT2D eigenvalue weighted by Crippen LogP contribution is -2.44. The van der Waals surface area contributed by atoms with Crippen molar-refractivity contribution in [2.24, 2.45) is 13.0 Å². The number of carboxylic acids is 1. The van der Waals surface area contributed by atoms with Gasteiger partial charge < -0.3 is 19.9 Å². The molecule has 7 nitrogen and oxygen atoms in total. The van der Waals surface area contributed by atoms with Crippen molar-refractivity contribution in [3.63, 3.8) is 0 Å². The molecular formula is C13H20N4O3. The molecule has 0 spiro atoms. The first-order valence-electron chi connectivity index (χ1n) is 6.77. The number of rotatable bonds is 5. The molecular weight excluding hydrogens is 260 g/mol. The maximum Gasteiger partial charge on any atom is 0.317 e. The maximum absolute atomic E-state index is 12.3. The Morgan fingerprint density at radius 2 is 2.35 bits per heavy atom. The minimum Gasteiger partial charge on any atom is -0.480 e. The molecule has 1 aliphatic heterocycles. The maximum atomic E-state index is 12.3. The standard InChI is InChI=1S/C13H20N4O3/c1-16-6-4-15-12(16)13(20)17-5-2-3-10(9-17)7-14-8-11(18)19/h4,6,10,14H,2-3,5,7-9H2,1H3,(H,18,19). The Bertz CT molecular complexity index is 486. The summed E-state index contributed by atoms with van der Waals surface area (Å²) in [5, 5.41) is 11.5. The summed E-state index contributed by atoms with van der Waals surface area (Å²) < 4.78 is 1.72. The zero-order chi connectivity index (χ0) is 14.5. The fourth-order valence-corrected chi connectivity index (χ4v) is 2.51. The number of carbonyl (C=O) groups excluding carboxylic acids is 1. The molecule has 1 saturated heterocycles. The Morgan fingerprint density at radius 1 is 1.55 bits per heavy atom. The summed E-state index contributed by atoms with van der Waals surface area (Å²) in [5.41, 5.74) is 0. The van der Waals surface area contributed by atoms with E-state index in [1.165, 1.54) is 0 Å². The molecule has 1 aliphatic rings. The van der Waals surface area contributed by atoms with Crippen molar-refractivity contribution in [3.05, 3.63) is 18.2 Å². The van der Waals surface area contributed by atoms with Crippen LogP contribution in [0.4, 0.5) is 0 Å². The molecule has 1 aromatic heterocycles. The Morgan fingerprint density at radius 3 is 3.00 bits per heavy atom. The van der Waals surface area contributed by atoms with Gasteiger partial charge in [-0.25, -0.2) is 4.98 Å². The van der Waals surface area contributed by atoms with Crippen LogP contribution >= 0.6 is 0 Å². The Labute approximate surface area is 117 Å². The number of piperidine rings is 1. The first-order valence-corrected chi connectivity index (χ1v) is 6.77. The normalized spacial score (nSPS) is 19.1. The number of aliphatic carboxylic acids is 1. The highest BCUT2D eigenvalue weighted by atomic mass is 16.4. The van der Waals surface area contributed by atoms with Crippen LogP contribution in [0.1, 0.15) is 23.5 Å². The monoisotopic (exact) mass is 280 g/mol. The molecule has 0 saturated carbocycles. The van der Waals surface area contributed by atoms with Gasteiger partial charge in [-0.3, -0.25) is 9.59 Å². The molecule has 1 unspecified atom stereocenters. The van der Waals surface area contributed by atoms with Gasteiger partial charge in [0.1, 0.15) is 0 Å². The molecule has 1 aromatic rings. The van der Waals surface area contributed by atoms with Gasteiger partial charge in [0.2, 0.25) is 0 Å². The van der Waals surface area contributed by atoms with E-state index in [-0.39, 0.29) is 12.5 Å². The van der Waals surface area contributed by atoms with Crippen LogP contribution in [-0.2, 0) is 11.8 Å². The highest BCUT2D eigenvalue weighted by molar-refractivity contribution is 5.90.